The van der Waals surface area contributed by atoms with Gasteiger partial charge in [-0.25, -0.2) is 0 Å². The van der Waals surface area contributed by atoms with Crippen molar-refractivity contribution in [3.8, 4) is 22.3 Å². The minimum Gasteiger partial charge on any atom is -0.0529 e. The van der Waals surface area contributed by atoms with Crippen LogP contribution in [0, 0.1) is 5.41 Å². The van der Waals surface area contributed by atoms with E-state index in [1.165, 1.54) is 88.1 Å². The predicted molar refractivity (Wildman–Crippen MR) is 157 cm³/mol. The molecule has 4 aromatic carbocycles. The molecule has 0 aromatic heterocycles. The number of hydrogen-bond acceptors (Lipinski definition) is 0. The van der Waals surface area contributed by atoms with Crippen LogP contribution in [-0.4, -0.2) is 0 Å². The smallest absolute Gasteiger partial charge is 0.0226 e. The Morgan fingerprint density at radius 2 is 0.657 bits per heavy atom. The molecule has 0 atom stereocenters. The lowest BCUT2D eigenvalue weighted by atomic mass is 9.36. The average Bonchev–Trinajstić information content (AvgIpc) is 3.20. The Bertz CT molecular complexity index is 1370. The molecule has 8 rings (SSSR count). The Morgan fingerprint density at radius 3 is 0.914 bits per heavy atom. The molecule has 0 heterocycles. The Labute approximate surface area is 239 Å². The van der Waals surface area contributed by atoms with E-state index in [0.717, 1.165) is 0 Å². The number of benzene rings is 4. The molecule has 0 bridgehead atoms. The Balaban J connectivity index is 1.23. The van der Waals surface area contributed by atoms with E-state index >= 15 is 0 Å². The summed E-state index contributed by atoms with van der Waals surface area (Å²) in [7, 11) is 0. The number of hydrogen-bond donors (Lipinski definition) is 0. The largest absolute Gasteiger partial charge is 0.0529 e. The van der Waals surface area contributed by atoms with E-state index in [4.69, 9.17) is 0 Å². The second kappa shape index (κ2) is 7.01. The summed E-state index contributed by atoms with van der Waals surface area (Å²) in [6.45, 7) is 0. The molecule has 0 amide bonds. The van der Waals surface area contributed by atoms with E-state index in [1.54, 1.807) is 0 Å². The van der Waals surface area contributed by atoms with Gasteiger partial charge in [-0.1, -0.05) is 88.0 Å². The maximum absolute atomic E-state index is 3.77. The highest BCUT2D eigenvalue weighted by molar-refractivity contribution is 9.11. The lowest BCUT2D eigenvalue weighted by Gasteiger charge is -2.67. The fraction of sp³-hybridized carbons (Fsp3) is 0.226. The first-order valence-electron chi connectivity index (χ1n) is 12.0. The molecule has 4 heteroatoms. The van der Waals surface area contributed by atoms with Gasteiger partial charge in [0.2, 0.25) is 0 Å². The van der Waals surface area contributed by atoms with Crippen LogP contribution in [0.25, 0.3) is 22.3 Å². The molecule has 0 unspecified atom stereocenters. The molecule has 0 radical (unpaired) electrons. The number of halogens is 4. The van der Waals surface area contributed by atoms with Crippen LogP contribution in [0.2, 0.25) is 0 Å². The van der Waals surface area contributed by atoms with Crippen molar-refractivity contribution in [2.75, 3.05) is 0 Å². The van der Waals surface area contributed by atoms with Crippen molar-refractivity contribution >= 4 is 63.7 Å². The van der Waals surface area contributed by atoms with E-state index in [0.29, 0.717) is 5.41 Å². The van der Waals surface area contributed by atoms with Gasteiger partial charge in [0.15, 0.2) is 0 Å². The van der Waals surface area contributed by atoms with Gasteiger partial charge in [-0.3, -0.25) is 0 Å². The van der Waals surface area contributed by atoms with Gasteiger partial charge in [-0.2, -0.15) is 0 Å². The third-order valence-electron chi connectivity index (χ3n) is 9.28. The molecule has 35 heavy (non-hydrogen) atoms. The van der Waals surface area contributed by atoms with Crippen LogP contribution < -0.4 is 0 Å². The third-order valence-corrected chi connectivity index (χ3v) is 11.2. The van der Waals surface area contributed by atoms with E-state index in [-0.39, 0.29) is 10.8 Å². The zero-order valence-electron chi connectivity index (χ0n) is 18.8. The fourth-order valence-corrected chi connectivity index (χ4v) is 9.79. The molecule has 3 spiro atoms. The van der Waals surface area contributed by atoms with Gasteiger partial charge in [0.05, 0.1) is 0 Å². The summed E-state index contributed by atoms with van der Waals surface area (Å²) >= 11 is 15.1. The monoisotopic (exact) mass is 708 g/mol. The van der Waals surface area contributed by atoms with E-state index < -0.39 is 0 Å². The van der Waals surface area contributed by atoms with Crippen LogP contribution in [-0.2, 0) is 10.8 Å². The van der Waals surface area contributed by atoms with Gasteiger partial charge in [0, 0.05) is 28.7 Å². The van der Waals surface area contributed by atoms with Crippen molar-refractivity contribution in [2.24, 2.45) is 5.41 Å². The minimum absolute atomic E-state index is 0.138. The molecule has 2 fully saturated rings. The minimum atomic E-state index is 0.138. The summed E-state index contributed by atoms with van der Waals surface area (Å²) in [5.41, 5.74) is 12.4. The SMILES string of the molecule is Brc1ccc2c(c1)C1(CC3(C1)CC1(C3)c3cc(Br)ccc3-c3ccc(Br)cc31)c1cc(Br)ccc1-2. The summed E-state index contributed by atoms with van der Waals surface area (Å²) in [5.74, 6) is 0. The summed E-state index contributed by atoms with van der Waals surface area (Å²) in [6, 6.07) is 27.6. The number of rotatable bonds is 0. The first-order valence-corrected chi connectivity index (χ1v) is 15.2. The van der Waals surface area contributed by atoms with Crippen molar-refractivity contribution in [1.29, 1.82) is 0 Å². The standard InChI is InChI=1S/C31H20Br4/c32-17-1-5-21-22-6-2-18(33)10-26(22)30(25(21)9-17)13-29(14-30)15-31(16-29)27-11-19(34)3-7-23(27)24-8-4-20(35)12-28(24)31/h1-12H,13-16H2. The first kappa shape index (κ1) is 21.8. The van der Waals surface area contributed by atoms with Gasteiger partial charge in [-0.05, 0) is 124 Å². The molecule has 2 saturated carbocycles. The summed E-state index contributed by atoms with van der Waals surface area (Å²) in [4.78, 5) is 0. The highest BCUT2D eigenvalue weighted by Gasteiger charge is 2.69. The molecule has 4 aromatic rings. The third kappa shape index (κ3) is 2.73. The van der Waals surface area contributed by atoms with Crippen molar-refractivity contribution in [3.63, 3.8) is 0 Å². The second-order valence-electron chi connectivity index (χ2n) is 11.1. The highest BCUT2D eigenvalue weighted by atomic mass is 79.9. The van der Waals surface area contributed by atoms with Crippen LogP contribution in [0.1, 0.15) is 47.9 Å². The zero-order chi connectivity index (χ0) is 23.7. The maximum Gasteiger partial charge on any atom is 0.0226 e. The average molecular weight is 712 g/mol. The van der Waals surface area contributed by atoms with E-state index in [1.807, 2.05) is 0 Å². The van der Waals surface area contributed by atoms with Crippen LogP contribution in [0.4, 0.5) is 0 Å². The van der Waals surface area contributed by atoms with E-state index in [9.17, 15) is 0 Å². The normalized spacial score (nSPS) is 20.2. The molecule has 4 aliphatic carbocycles. The Morgan fingerprint density at radius 1 is 0.400 bits per heavy atom. The molecular weight excluding hydrogens is 692 g/mol. The van der Waals surface area contributed by atoms with Crippen LogP contribution in [0.5, 0.6) is 0 Å². The summed E-state index contributed by atoms with van der Waals surface area (Å²) in [6.07, 6.45) is 4.95. The van der Waals surface area contributed by atoms with Crippen molar-refractivity contribution in [1.82, 2.24) is 0 Å². The van der Waals surface area contributed by atoms with Crippen LogP contribution >= 0.6 is 63.7 Å². The fourth-order valence-electron chi connectivity index (χ4n) is 8.35. The zero-order valence-corrected chi connectivity index (χ0v) is 25.1. The molecule has 0 aliphatic heterocycles. The molecule has 4 aliphatic rings. The summed E-state index contributed by atoms with van der Waals surface area (Å²) < 4.78 is 4.73. The van der Waals surface area contributed by atoms with Gasteiger partial charge < -0.3 is 0 Å². The highest BCUT2D eigenvalue weighted by Crippen LogP contribution is 2.78. The Kier molecular flexibility index (Phi) is 4.37. The second-order valence-corrected chi connectivity index (χ2v) is 14.8. The maximum atomic E-state index is 3.77. The summed E-state index contributed by atoms with van der Waals surface area (Å²) in [5, 5.41) is 0. The van der Waals surface area contributed by atoms with Gasteiger partial charge in [0.1, 0.15) is 0 Å². The van der Waals surface area contributed by atoms with Crippen molar-refractivity contribution < 1.29 is 0 Å². The van der Waals surface area contributed by atoms with Gasteiger partial charge >= 0.3 is 0 Å². The molecule has 0 N–H and O–H groups in total. The Hall–Kier alpha value is -1.20. The molecule has 172 valence electrons. The molecule has 0 saturated heterocycles. The van der Waals surface area contributed by atoms with Crippen molar-refractivity contribution in [2.45, 2.75) is 36.5 Å². The quantitative estimate of drug-likeness (QED) is 0.170. The number of fused-ring (bicyclic) bond motifs is 10. The molecule has 0 nitrogen and oxygen atoms in total. The van der Waals surface area contributed by atoms with Gasteiger partial charge in [-0.15, -0.1) is 0 Å². The van der Waals surface area contributed by atoms with Gasteiger partial charge in [0.25, 0.3) is 0 Å². The molecular formula is C31H20Br4. The van der Waals surface area contributed by atoms with Crippen molar-refractivity contribution in [3.05, 3.63) is 113 Å². The first-order chi connectivity index (χ1) is 16.8. The van der Waals surface area contributed by atoms with Crippen LogP contribution in [0.15, 0.2) is 90.7 Å². The predicted octanol–water partition coefficient (Wildman–Crippen LogP) is 10.5. The topological polar surface area (TPSA) is 0 Å². The lowest BCUT2D eigenvalue weighted by molar-refractivity contribution is -0.0736. The van der Waals surface area contributed by atoms with E-state index in [2.05, 4.69) is 137 Å². The lowest BCUT2D eigenvalue weighted by Crippen LogP contribution is -2.61. The van der Waals surface area contributed by atoms with Crippen LogP contribution in [0.3, 0.4) is 0 Å².